The summed E-state index contributed by atoms with van der Waals surface area (Å²) in [7, 11) is 0. The van der Waals surface area contributed by atoms with Crippen molar-refractivity contribution in [2.24, 2.45) is 0 Å². The van der Waals surface area contributed by atoms with E-state index in [0.29, 0.717) is 19.7 Å². The van der Waals surface area contributed by atoms with Crippen LogP contribution in [0.4, 0.5) is 5.69 Å². The van der Waals surface area contributed by atoms with Crippen LogP contribution >= 0.6 is 11.3 Å². The number of nitro groups is 1. The van der Waals surface area contributed by atoms with Crippen LogP contribution in [0.5, 0.6) is 0 Å². The van der Waals surface area contributed by atoms with Gasteiger partial charge in [-0.3, -0.25) is 14.9 Å². The molecular formula is C17H18N2O4S. The van der Waals surface area contributed by atoms with Gasteiger partial charge in [-0.2, -0.15) is 0 Å². The fraction of sp³-hybridized carbons (Fsp3) is 0.353. The number of para-hydroxylation sites is 1. The van der Waals surface area contributed by atoms with Gasteiger partial charge >= 0.3 is 0 Å². The van der Waals surface area contributed by atoms with E-state index in [1.54, 1.807) is 28.4 Å². The van der Waals surface area contributed by atoms with Gasteiger partial charge in [-0.15, -0.1) is 11.3 Å². The minimum absolute atomic E-state index is 0.00307. The highest BCUT2D eigenvalue weighted by atomic mass is 32.1. The lowest BCUT2D eigenvalue weighted by atomic mass is 10.1. The van der Waals surface area contributed by atoms with Crippen molar-refractivity contribution in [2.75, 3.05) is 13.2 Å². The van der Waals surface area contributed by atoms with E-state index in [4.69, 9.17) is 4.74 Å². The van der Waals surface area contributed by atoms with E-state index in [1.165, 1.54) is 12.1 Å². The molecule has 1 aromatic carbocycles. The van der Waals surface area contributed by atoms with E-state index < -0.39 is 4.92 Å². The second-order valence-electron chi connectivity index (χ2n) is 5.67. The van der Waals surface area contributed by atoms with Crippen molar-refractivity contribution in [3.05, 3.63) is 62.3 Å². The lowest BCUT2D eigenvalue weighted by Crippen LogP contribution is -2.37. The molecule has 0 radical (unpaired) electrons. The summed E-state index contributed by atoms with van der Waals surface area (Å²) in [6.07, 6.45) is 1.89. The van der Waals surface area contributed by atoms with E-state index in [1.807, 2.05) is 17.5 Å². The Morgan fingerprint density at radius 2 is 2.17 bits per heavy atom. The normalized spacial score (nSPS) is 16.9. The van der Waals surface area contributed by atoms with Gasteiger partial charge in [0.2, 0.25) is 0 Å². The standard InChI is InChI=1S/C17H18N2O4S/c20-17(15-7-1-2-8-16(15)19(21)22)18(11-13-5-3-9-23-13)12-14-6-4-10-24-14/h1-2,4,6-8,10,13H,3,5,9,11-12H2. The summed E-state index contributed by atoms with van der Waals surface area (Å²) >= 11 is 1.56. The van der Waals surface area contributed by atoms with Crippen molar-refractivity contribution in [1.82, 2.24) is 4.90 Å². The third-order valence-electron chi connectivity index (χ3n) is 3.99. The number of nitrogens with zero attached hydrogens (tertiary/aromatic N) is 2. The monoisotopic (exact) mass is 346 g/mol. The molecule has 0 spiro atoms. The number of benzene rings is 1. The predicted molar refractivity (Wildman–Crippen MR) is 91.1 cm³/mol. The highest BCUT2D eigenvalue weighted by Gasteiger charge is 2.28. The maximum absolute atomic E-state index is 13.0. The van der Waals surface area contributed by atoms with Gasteiger partial charge in [0.1, 0.15) is 5.56 Å². The topological polar surface area (TPSA) is 72.7 Å². The van der Waals surface area contributed by atoms with Crippen LogP contribution in [0.3, 0.4) is 0 Å². The molecule has 0 saturated carbocycles. The maximum Gasteiger partial charge on any atom is 0.282 e. The first-order valence-electron chi connectivity index (χ1n) is 7.82. The van der Waals surface area contributed by atoms with Gasteiger partial charge in [0.25, 0.3) is 11.6 Å². The minimum atomic E-state index is -0.511. The molecule has 2 aromatic rings. The van der Waals surface area contributed by atoms with Crippen LogP contribution in [0.1, 0.15) is 28.1 Å². The molecule has 2 heterocycles. The van der Waals surface area contributed by atoms with E-state index in [9.17, 15) is 14.9 Å². The first kappa shape index (κ1) is 16.6. The number of ether oxygens (including phenoxy) is 1. The number of hydrogen-bond acceptors (Lipinski definition) is 5. The summed E-state index contributed by atoms with van der Waals surface area (Å²) in [4.78, 5) is 26.4. The molecule has 1 aromatic heterocycles. The van der Waals surface area contributed by atoms with Crippen LogP contribution in [-0.2, 0) is 11.3 Å². The van der Waals surface area contributed by atoms with Gasteiger partial charge in [0, 0.05) is 24.1 Å². The second-order valence-corrected chi connectivity index (χ2v) is 6.71. The maximum atomic E-state index is 13.0. The van der Waals surface area contributed by atoms with Crippen molar-refractivity contribution in [2.45, 2.75) is 25.5 Å². The largest absolute Gasteiger partial charge is 0.376 e. The number of rotatable bonds is 6. The first-order valence-corrected chi connectivity index (χ1v) is 8.70. The van der Waals surface area contributed by atoms with Crippen LogP contribution in [0.15, 0.2) is 41.8 Å². The highest BCUT2D eigenvalue weighted by molar-refractivity contribution is 7.09. The van der Waals surface area contributed by atoms with Gasteiger partial charge < -0.3 is 9.64 Å². The number of amides is 1. The lowest BCUT2D eigenvalue weighted by Gasteiger charge is -2.25. The molecule has 1 unspecified atom stereocenters. The molecule has 6 nitrogen and oxygen atoms in total. The Morgan fingerprint density at radius 3 is 2.83 bits per heavy atom. The van der Waals surface area contributed by atoms with Gasteiger partial charge in [0.05, 0.1) is 17.6 Å². The molecule has 7 heteroatoms. The van der Waals surface area contributed by atoms with Crippen molar-refractivity contribution < 1.29 is 14.5 Å². The number of carbonyl (C=O) groups excluding carboxylic acids is 1. The Balaban J connectivity index is 1.86. The molecule has 3 rings (SSSR count). The molecule has 1 atom stereocenters. The molecule has 1 amide bonds. The van der Waals surface area contributed by atoms with Crippen LogP contribution in [0, 0.1) is 10.1 Å². The Bertz CT molecular complexity index is 711. The van der Waals surface area contributed by atoms with Crippen LogP contribution < -0.4 is 0 Å². The molecule has 126 valence electrons. The number of nitro benzene ring substituents is 1. The predicted octanol–water partition coefficient (Wildman–Crippen LogP) is 3.48. The summed E-state index contributed by atoms with van der Waals surface area (Å²) in [6, 6.07) is 9.98. The Morgan fingerprint density at radius 1 is 1.33 bits per heavy atom. The van der Waals surface area contributed by atoms with E-state index >= 15 is 0 Å². The lowest BCUT2D eigenvalue weighted by molar-refractivity contribution is -0.385. The Labute approximate surface area is 143 Å². The Hall–Kier alpha value is -2.25. The quantitative estimate of drug-likeness (QED) is 0.593. The van der Waals surface area contributed by atoms with Gasteiger partial charge in [-0.25, -0.2) is 0 Å². The molecule has 0 aliphatic carbocycles. The van der Waals surface area contributed by atoms with Gasteiger partial charge in [-0.05, 0) is 30.4 Å². The van der Waals surface area contributed by atoms with E-state index in [2.05, 4.69) is 0 Å². The van der Waals surface area contributed by atoms with Gasteiger partial charge in [0.15, 0.2) is 0 Å². The number of carbonyl (C=O) groups is 1. The number of thiophene rings is 1. The zero-order valence-electron chi connectivity index (χ0n) is 13.1. The fourth-order valence-corrected chi connectivity index (χ4v) is 3.55. The zero-order valence-corrected chi connectivity index (χ0v) is 13.9. The summed E-state index contributed by atoms with van der Waals surface area (Å²) in [5, 5.41) is 13.2. The third kappa shape index (κ3) is 3.80. The van der Waals surface area contributed by atoms with E-state index in [0.717, 1.165) is 17.7 Å². The zero-order chi connectivity index (χ0) is 16.9. The SMILES string of the molecule is O=C(c1ccccc1[N+](=O)[O-])N(Cc1cccs1)CC1CCCO1. The Kier molecular flexibility index (Phi) is 5.22. The van der Waals surface area contributed by atoms with Crippen molar-refractivity contribution >= 4 is 22.9 Å². The third-order valence-corrected chi connectivity index (χ3v) is 4.85. The number of hydrogen-bond donors (Lipinski definition) is 0. The van der Waals surface area contributed by atoms with Crippen molar-refractivity contribution in [3.63, 3.8) is 0 Å². The summed E-state index contributed by atoms with van der Waals surface area (Å²) in [6.45, 7) is 1.59. The van der Waals surface area contributed by atoms with Crippen molar-refractivity contribution in [1.29, 1.82) is 0 Å². The minimum Gasteiger partial charge on any atom is -0.376 e. The molecule has 24 heavy (non-hydrogen) atoms. The fourth-order valence-electron chi connectivity index (χ4n) is 2.83. The summed E-state index contributed by atoms with van der Waals surface area (Å²) in [5.41, 5.74) is -0.0388. The average Bonchev–Trinajstić information content (AvgIpc) is 3.27. The molecule has 1 aliphatic rings. The van der Waals surface area contributed by atoms with Gasteiger partial charge in [-0.1, -0.05) is 18.2 Å². The highest BCUT2D eigenvalue weighted by Crippen LogP contribution is 2.23. The van der Waals surface area contributed by atoms with Crippen LogP contribution in [0.25, 0.3) is 0 Å². The van der Waals surface area contributed by atoms with E-state index in [-0.39, 0.29) is 23.3 Å². The molecule has 0 bridgehead atoms. The van der Waals surface area contributed by atoms with Crippen LogP contribution in [-0.4, -0.2) is 35.0 Å². The summed E-state index contributed by atoms with van der Waals surface area (Å²) in [5.74, 6) is -0.328. The molecule has 1 fully saturated rings. The second kappa shape index (κ2) is 7.55. The molecule has 1 saturated heterocycles. The smallest absolute Gasteiger partial charge is 0.282 e. The average molecular weight is 346 g/mol. The summed E-state index contributed by atoms with van der Waals surface area (Å²) < 4.78 is 5.64. The first-order chi connectivity index (χ1) is 11.6. The van der Waals surface area contributed by atoms with Crippen molar-refractivity contribution in [3.8, 4) is 0 Å². The molecule has 0 N–H and O–H groups in total. The van der Waals surface area contributed by atoms with Crippen LogP contribution in [0.2, 0.25) is 0 Å². The molecule has 1 aliphatic heterocycles. The molecular weight excluding hydrogens is 328 g/mol.